The number of carbonyl (C=O) groups is 2. The van der Waals surface area contributed by atoms with Crippen molar-refractivity contribution < 1.29 is 24.2 Å². The maximum atomic E-state index is 13.2. The number of amides is 1. The van der Waals surface area contributed by atoms with Crippen LogP contribution in [0, 0.1) is 0 Å². The summed E-state index contributed by atoms with van der Waals surface area (Å²) < 4.78 is 11.2. The van der Waals surface area contributed by atoms with Gasteiger partial charge in [0.2, 0.25) is 0 Å². The van der Waals surface area contributed by atoms with E-state index in [4.69, 9.17) is 21.1 Å². The molecule has 180 valence electrons. The van der Waals surface area contributed by atoms with Gasteiger partial charge in [0.05, 0.1) is 31.4 Å². The minimum atomic E-state index is -0.720. The van der Waals surface area contributed by atoms with E-state index in [1.807, 2.05) is 31.2 Å². The summed E-state index contributed by atoms with van der Waals surface area (Å²) in [6.45, 7) is 6.40. The summed E-state index contributed by atoms with van der Waals surface area (Å²) in [4.78, 5) is 30.1. The molecule has 1 amide bonds. The van der Waals surface area contributed by atoms with E-state index >= 15 is 0 Å². The molecule has 0 saturated carbocycles. The van der Waals surface area contributed by atoms with Crippen molar-refractivity contribution in [3.8, 4) is 5.75 Å². The highest BCUT2D eigenvalue weighted by Gasteiger charge is 2.46. The maximum absolute atomic E-state index is 13.2. The Balaban J connectivity index is 1.73. The fraction of sp³-hybridized carbons (Fsp3) is 0.385. The topological polar surface area (TPSA) is 79.3 Å². The van der Waals surface area contributed by atoms with Crippen LogP contribution in [-0.4, -0.2) is 72.6 Å². The van der Waals surface area contributed by atoms with Crippen molar-refractivity contribution >= 4 is 29.1 Å². The lowest BCUT2D eigenvalue weighted by molar-refractivity contribution is -0.140. The van der Waals surface area contributed by atoms with Crippen LogP contribution in [0.2, 0.25) is 5.02 Å². The molecule has 0 aromatic heterocycles. The molecule has 1 N–H and O–H groups in total. The fourth-order valence-electron chi connectivity index (χ4n) is 4.29. The lowest BCUT2D eigenvalue weighted by atomic mass is 9.95. The Hall–Kier alpha value is -2.87. The van der Waals surface area contributed by atoms with Crippen LogP contribution in [0.4, 0.5) is 0 Å². The van der Waals surface area contributed by atoms with Crippen LogP contribution in [-0.2, 0) is 14.3 Å². The van der Waals surface area contributed by atoms with Crippen molar-refractivity contribution in [2.24, 2.45) is 0 Å². The molecule has 2 heterocycles. The number of morpholine rings is 1. The van der Waals surface area contributed by atoms with Gasteiger partial charge in [-0.15, -0.1) is 0 Å². The molecule has 34 heavy (non-hydrogen) atoms. The van der Waals surface area contributed by atoms with Gasteiger partial charge >= 0.3 is 0 Å². The second-order valence-corrected chi connectivity index (χ2v) is 8.81. The summed E-state index contributed by atoms with van der Waals surface area (Å²) in [5.41, 5.74) is 1.21. The van der Waals surface area contributed by atoms with Gasteiger partial charge in [-0.3, -0.25) is 14.5 Å². The largest absolute Gasteiger partial charge is 0.507 e. The first-order chi connectivity index (χ1) is 16.5. The van der Waals surface area contributed by atoms with Crippen molar-refractivity contribution in [1.82, 2.24) is 9.80 Å². The summed E-state index contributed by atoms with van der Waals surface area (Å²) in [5.74, 6) is -0.869. The number of rotatable bonds is 8. The molecule has 0 spiro atoms. The number of carbonyl (C=O) groups excluding carboxylic acids is 2. The van der Waals surface area contributed by atoms with E-state index in [1.54, 1.807) is 29.2 Å². The lowest BCUT2D eigenvalue weighted by Crippen LogP contribution is -2.42. The summed E-state index contributed by atoms with van der Waals surface area (Å²) in [7, 11) is 0. The van der Waals surface area contributed by atoms with Crippen LogP contribution < -0.4 is 4.74 Å². The van der Waals surface area contributed by atoms with E-state index < -0.39 is 17.7 Å². The monoisotopic (exact) mass is 484 g/mol. The zero-order chi connectivity index (χ0) is 24.1. The number of hydrogen-bond donors (Lipinski definition) is 1. The molecular weight excluding hydrogens is 456 g/mol. The van der Waals surface area contributed by atoms with Crippen molar-refractivity contribution in [3.05, 3.63) is 70.3 Å². The fourth-order valence-corrected chi connectivity index (χ4v) is 4.41. The first kappa shape index (κ1) is 24.3. The van der Waals surface area contributed by atoms with Crippen LogP contribution in [0.15, 0.2) is 54.1 Å². The van der Waals surface area contributed by atoms with E-state index in [-0.39, 0.29) is 11.3 Å². The van der Waals surface area contributed by atoms with Crippen molar-refractivity contribution in [1.29, 1.82) is 0 Å². The first-order valence-corrected chi connectivity index (χ1v) is 11.9. The van der Waals surface area contributed by atoms with Crippen molar-refractivity contribution in [2.75, 3.05) is 46.0 Å². The Morgan fingerprint density at radius 2 is 1.85 bits per heavy atom. The SMILES string of the molecule is CCCOc1cccc([C@H]2/C(=C(\O)c3ccc(Cl)cc3)C(=O)C(=O)N2CCN2CCOCC2)c1. The number of likely N-dealkylation sites (tertiary alicyclic amines) is 1. The number of ketones is 1. The van der Waals surface area contributed by atoms with E-state index in [9.17, 15) is 14.7 Å². The van der Waals surface area contributed by atoms with Gasteiger partial charge < -0.3 is 19.5 Å². The smallest absolute Gasteiger partial charge is 0.295 e. The van der Waals surface area contributed by atoms with Crippen molar-refractivity contribution in [3.63, 3.8) is 0 Å². The lowest BCUT2D eigenvalue weighted by Gasteiger charge is -2.31. The van der Waals surface area contributed by atoms with Gasteiger partial charge in [-0.25, -0.2) is 0 Å². The number of nitrogens with zero attached hydrogens (tertiary/aromatic N) is 2. The standard InChI is InChI=1S/C26H29ClN2O5/c1-2-14-34-21-5-3-4-19(17-21)23-22(24(30)18-6-8-20(27)9-7-18)25(31)26(32)29(23)11-10-28-12-15-33-16-13-28/h3-9,17,23,30H,2,10-16H2,1H3/b24-22+/t23-/m0/s1. The third kappa shape index (κ3) is 5.27. The van der Waals surface area contributed by atoms with Crippen LogP contribution in [0.3, 0.4) is 0 Å². The summed E-state index contributed by atoms with van der Waals surface area (Å²) in [6.07, 6.45) is 0.860. The Morgan fingerprint density at radius 1 is 1.12 bits per heavy atom. The van der Waals surface area contributed by atoms with Gasteiger partial charge in [0.1, 0.15) is 11.5 Å². The molecule has 2 aromatic carbocycles. The number of aliphatic hydroxyl groups excluding tert-OH is 1. The third-order valence-electron chi connectivity index (χ3n) is 6.07. The summed E-state index contributed by atoms with van der Waals surface area (Å²) >= 11 is 6.00. The third-order valence-corrected chi connectivity index (χ3v) is 6.32. The molecule has 2 aromatic rings. The number of hydrogen-bond acceptors (Lipinski definition) is 6. The second-order valence-electron chi connectivity index (χ2n) is 8.37. The molecule has 2 saturated heterocycles. The van der Waals surface area contributed by atoms with Gasteiger partial charge in [-0.2, -0.15) is 0 Å². The number of aliphatic hydroxyl groups is 1. The van der Waals surface area contributed by atoms with E-state index in [2.05, 4.69) is 4.90 Å². The summed E-state index contributed by atoms with van der Waals surface area (Å²) in [5, 5.41) is 11.7. The Bertz CT molecular complexity index is 1060. The second kappa shape index (κ2) is 11.0. The van der Waals surface area contributed by atoms with E-state index in [0.29, 0.717) is 54.8 Å². The molecule has 1 atom stereocenters. The molecule has 0 unspecified atom stereocenters. The number of halogens is 1. The quantitative estimate of drug-likeness (QED) is 0.348. The average molecular weight is 485 g/mol. The zero-order valence-corrected chi connectivity index (χ0v) is 20.0. The van der Waals surface area contributed by atoms with Crippen LogP contribution in [0.1, 0.15) is 30.5 Å². The van der Waals surface area contributed by atoms with Crippen LogP contribution in [0.5, 0.6) is 5.75 Å². The van der Waals surface area contributed by atoms with Crippen LogP contribution in [0.25, 0.3) is 5.76 Å². The van der Waals surface area contributed by atoms with Gasteiger partial charge in [-0.1, -0.05) is 30.7 Å². The molecular formula is C26H29ClN2O5. The van der Waals surface area contributed by atoms with Gasteiger partial charge in [0.25, 0.3) is 11.7 Å². The number of ether oxygens (including phenoxy) is 2. The highest BCUT2D eigenvalue weighted by atomic mass is 35.5. The van der Waals surface area contributed by atoms with Gasteiger partial charge in [-0.05, 0) is 48.4 Å². The van der Waals surface area contributed by atoms with E-state index in [1.165, 1.54) is 0 Å². The van der Waals surface area contributed by atoms with Gasteiger partial charge in [0.15, 0.2) is 0 Å². The molecule has 8 heteroatoms. The number of benzene rings is 2. The predicted octanol–water partition coefficient (Wildman–Crippen LogP) is 3.88. The molecule has 2 fully saturated rings. The molecule has 4 rings (SSSR count). The minimum absolute atomic E-state index is 0.0712. The normalized spacial score (nSPS) is 20.6. The van der Waals surface area contributed by atoms with Gasteiger partial charge in [0, 0.05) is 36.8 Å². The van der Waals surface area contributed by atoms with E-state index in [0.717, 1.165) is 19.5 Å². The zero-order valence-electron chi connectivity index (χ0n) is 19.2. The predicted molar refractivity (Wildman–Crippen MR) is 130 cm³/mol. The number of Topliss-reactive ketones (excluding diaryl/α,β-unsaturated/α-hetero) is 1. The van der Waals surface area contributed by atoms with Crippen molar-refractivity contribution in [2.45, 2.75) is 19.4 Å². The van der Waals surface area contributed by atoms with Crippen LogP contribution >= 0.6 is 11.6 Å². The first-order valence-electron chi connectivity index (χ1n) is 11.6. The molecule has 2 aliphatic rings. The Kier molecular flexibility index (Phi) is 7.88. The Morgan fingerprint density at radius 3 is 2.56 bits per heavy atom. The highest BCUT2D eigenvalue weighted by molar-refractivity contribution is 6.46. The molecule has 7 nitrogen and oxygen atoms in total. The average Bonchev–Trinajstić information content (AvgIpc) is 3.12. The summed E-state index contributed by atoms with van der Waals surface area (Å²) in [6, 6.07) is 13.2. The highest BCUT2D eigenvalue weighted by Crippen LogP contribution is 2.40. The molecule has 2 aliphatic heterocycles. The molecule has 0 radical (unpaired) electrons. The molecule has 0 bridgehead atoms. The minimum Gasteiger partial charge on any atom is -0.507 e. The molecule has 0 aliphatic carbocycles. The maximum Gasteiger partial charge on any atom is 0.295 e. The Labute approximate surface area is 204 Å².